The van der Waals surface area contributed by atoms with Crippen molar-refractivity contribution in [3.63, 3.8) is 0 Å². The molecule has 0 aliphatic rings. The zero-order valence-electron chi connectivity index (χ0n) is 14.0. The van der Waals surface area contributed by atoms with E-state index in [0.29, 0.717) is 4.68 Å². The molecule has 0 aromatic carbocycles. The predicted octanol–water partition coefficient (Wildman–Crippen LogP) is 2.98. The normalized spacial score (nSPS) is 13.0. The standard InChI is InChI=1S/C16H13F5N6O/c1-9(18)5-23-7-12(24-3-2-17)14-10-6-25-11(15(22)28)4-13(10)27(26-14)8-16(19,20)21/h2-7,24H,1,8H2,(H2,22,28)/b3-2+,12-7-,23-5+. The predicted molar refractivity (Wildman–Crippen MR) is 92.2 cm³/mol. The van der Waals surface area contributed by atoms with E-state index in [-0.39, 0.29) is 34.3 Å². The maximum Gasteiger partial charge on any atom is 0.408 e. The van der Waals surface area contributed by atoms with Gasteiger partial charge in [-0.2, -0.15) is 18.3 Å². The number of aromatic nitrogens is 3. The van der Waals surface area contributed by atoms with Crippen LogP contribution in [0.5, 0.6) is 0 Å². The summed E-state index contributed by atoms with van der Waals surface area (Å²) in [6.07, 6.45) is -0.829. The average molecular weight is 400 g/mol. The molecule has 0 bridgehead atoms. The molecule has 0 spiro atoms. The first kappa shape index (κ1) is 20.7. The molecule has 2 aromatic heterocycles. The lowest BCUT2D eigenvalue weighted by atomic mass is 10.2. The summed E-state index contributed by atoms with van der Waals surface area (Å²) in [4.78, 5) is 18.7. The number of alkyl halides is 3. The van der Waals surface area contributed by atoms with Gasteiger partial charge in [0.1, 0.15) is 30.1 Å². The van der Waals surface area contributed by atoms with Crippen LogP contribution in [0.2, 0.25) is 0 Å². The van der Waals surface area contributed by atoms with Crippen LogP contribution in [-0.4, -0.2) is 33.1 Å². The third-order valence-electron chi connectivity index (χ3n) is 3.19. The number of pyridine rings is 1. The van der Waals surface area contributed by atoms with Crippen molar-refractivity contribution in [2.75, 3.05) is 0 Å². The number of aliphatic imine (C=N–C) groups is 1. The molecule has 0 aliphatic carbocycles. The molecule has 28 heavy (non-hydrogen) atoms. The highest BCUT2D eigenvalue weighted by atomic mass is 19.4. The Morgan fingerprint density at radius 2 is 2.14 bits per heavy atom. The SMILES string of the molecule is C=C(F)/C=N/C=C(\N/C=C/F)c1nn(CC(F)(F)F)c2cc(C(N)=O)ncc12. The molecule has 0 unspecified atom stereocenters. The topological polar surface area (TPSA) is 98.2 Å². The van der Waals surface area contributed by atoms with Gasteiger partial charge in [0.2, 0.25) is 0 Å². The summed E-state index contributed by atoms with van der Waals surface area (Å²) in [5.41, 5.74) is 4.60. The summed E-state index contributed by atoms with van der Waals surface area (Å²) in [6.45, 7) is 1.50. The van der Waals surface area contributed by atoms with Crippen LogP contribution in [0.1, 0.15) is 16.2 Å². The van der Waals surface area contributed by atoms with Gasteiger partial charge in [-0.25, -0.2) is 8.78 Å². The molecule has 0 fully saturated rings. The number of primary amides is 1. The molecule has 2 heterocycles. The van der Waals surface area contributed by atoms with Gasteiger partial charge in [-0.15, -0.1) is 0 Å². The highest BCUT2D eigenvalue weighted by Crippen LogP contribution is 2.27. The lowest BCUT2D eigenvalue weighted by Crippen LogP contribution is -2.19. The molecule has 2 aromatic rings. The molecule has 12 heteroatoms. The van der Waals surface area contributed by atoms with Crippen molar-refractivity contribution >= 4 is 28.7 Å². The van der Waals surface area contributed by atoms with Gasteiger partial charge in [-0.1, -0.05) is 6.58 Å². The summed E-state index contributed by atoms with van der Waals surface area (Å²) in [7, 11) is 0. The largest absolute Gasteiger partial charge is 0.408 e. The third kappa shape index (κ3) is 5.22. The smallest absolute Gasteiger partial charge is 0.364 e. The Bertz CT molecular complexity index is 989. The van der Waals surface area contributed by atoms with Gasteiger partial charge in [0, 0.05) is 17.8 Å². The lowest BCUT2D eigenvalue weighted by molar-refractivity contribution is -0.141. The van der Waals surface area contributed by atoms with E-state index in [1.165, 1.54) is 0 Å². The van der Waals surface area contributed by atoms with E-state index in [9.17, 15) is 26.7 Å². The quantitative estimate of drug-likeness (QED) is 0.552. The van der Waals surface area contributed by atoms with Gasteiger partial charge >= 0.3 is 6.18 Å². The summed E-state index contributed by atoms with van der Waals surface area (Å²) < 4.78 is 64.4. The first-order valence-corrected chi connectivity index (χ1v) is 7.45. The van der Waals surface area contributed by atoms with Gasteiger partial charge in [0.05, 0.1) is 23.6 Å². The molecule has 148 valence electrons. The van der Waals surface area contributed by atoms with E-state index in [1.807, 2.05) is 0 Å². The number of nitrogens with zero attached hydrogens (tertiary/aromatic N) is 4. The van der Waals surface area contributed by atoms with E-state index in [4.69, 9.17) is 5.73 Å². The molecule has 0 atom stereocenters. The molecular weight excluding hydrogens is 387 g/mol. The van der Waals surface area contributed by atoms with Crippen molar-refractivity contribution in [3.05, 3.63) is 54.8 Å². The number of nitrogens with two attached hydrogens (primary N) is 1. The Balaban J connectivity index is 2.69. The summed E-state index contributed by atoms with van der Waals surface area (Å²) >= 11 is 0. The van der Waals surface area contributed by atoms with E-state index in [0.717, 1.165) is 30.9 Å². The second-order valence-electron chi connectivity index (χ2n) is 5.28. The number of amides is 1. The van der Waals surface area contributed by atoms with Crippen LogP contribution < -0.4 is 11.1 Å². The second kappa shape index (κ2) is 8.41. The van der Waals surface area contributed by atoms with Crippen LogP contribution in [0.4, 0.5) is 22.0 Å². The minimum atomic E-state index is -4.62. The molecule has 0 aliphatic heterocycles. The van der Waals surface area contributed by atoms with Crippen LogP contribution in [0.15, 0.2) is 48.4 Å². The second-order valence-corrected chi connectivity index (χ2v) is 5.28. The first-order valence-electron chi connectivity index (χ1n) is 7.45. The van der Waals surface area contributed by atoms with E-state index in [2.05, 4.69) is 27.0 Å². The van der Waals surface area contributed by atoms with Crippen LogP contribution in [-0.2, 0) is 6.54 Å². The van der Waals surface area contributed by atoms with Crippen molar-refractivity contribution in [1.29, 1.82) is 0 Å². The Kier molecular flexibility index (Phi) is 6.23. The third-order valence-corrected chi connectivity index (χ3v) is 3.19. The molecular formula is C16H13F5N6O. The zero-order chi connectivity index (χ0) is 20.9. The van der Waals surface area contributed by atoms with E-state index in [1.54, 1.807) is 0 Å². The number of carbonyl (C=O) groups excluding carboxylic acids is 1. The average Bonchev–Trinajstić information content (AvgIpc) is 2.93. The number of fused-ring (bicyclic) bond motifs is 1. The van der Waals surface area contributed by atoms with Gasteiger partial charge in [0.25, 0.3) is 5.91 Å². The highest BCUT2D eigenvalue weighted by Gasteiger charge is 2.30. The summed E-state index contributed by atoms with van der Waals surface area (Å²) in [5.74, 6) is -1.82. The molecule has 0 saturated carbocycles. The van der Waals surface area contributed by atoms with Gasteiger partial charge < -0.3 is 11.1 Å². The maximum atomic E-state index is 12.9. The Morgan fingerprint density at radius 1 is 1.43 bits per heavy atom. The first-order chi connectivity index (χ1) is 13.1. The van der Waals surface area contributed by atoms with Crippen molar-refractivity contribution in [3.8, 4) is 0 Å². The number of halogens is 5. The zero-order valence-corrected chi connectivity index (χ0v) is 14.0. The fourth-order valence-corrected chi connectivity index (χ4v) is 2.17. The number of nitrogens with one attached hydrogen (secondary N) is 1. The Labute approximate surface area is 154 Å². The maximum absolute atomic E-state index is 12.9. The molecule has 0 radical (unpaired) electrons. The molecule has 3 N–H and O–H groups in total. The van der Waals surface area contributed by atoms with Crippen molar-refractivity contribution < 1.29 is 26.7 Å². The van der Waals surface area contributed by atoms with Crippen molar-refractivity contribution in [1.82, 2.24) is 20.1 Å². The Hall–Kier alpha value is -3.57. The summed E-state index contributed by atoms with van der Waals surface area (Å²) in [6, 6.07) is 1.05. The fraction of sp³-hybridized carbons (Fsp3) is 0.125. The molecule has 7 nitrogen and oxygen atoms in total. The highest BCUT2D eigenvalue weighted by molar-refractivity contribution is 5.97. The van der Waals surface area contributed by atoms with Crippen LogP contribution in [0.3, 0.4) is 0 Å². The van der Waals surface area contributed by atoms with Crippen LogP contribution >= 0.6 is 0 Å². The fourth-order valence-electron chi connectivity index (χ4n) is 2.17. The number of hydrogen-bond acceptors (Lipinski definition) is 5. The number of rotatable bonds is 7. The van der Waals surface area contributed by atoms with Gasteiger partial charge in [0.15, 0.2) is 0 Å². The number of carbonyl (C=O) groups is 1. The van der Waals surface area contributed by atoms with Gasteiger partial charge in [-0.05, 0) is 6.07 Å². The molecule has 2 rings (SSSR count). The molecule has 0 saturated heterocycles. The lowest BCUT2D eigenvalue weighted by Gasteiger charge is -2.07. The number of hydrogen-bond donors (Lipinski definition) is 2. The molecule has 1 amide bonds. The van der Waals surface area contributed by atoms with E-state index >= 15 is 0 Å². The monoisotopic (exact) mass is 400 g/mol. The van der Waals surface area contributed by atoms with Gasteiger partial charge in [-0.3, -0.25) is 19.5 Å². The minimum absolute atomic E-state index is 0.0639. The summed E-state index contributed by atoms with van der Waals surface area (Å²) in [5, 5.41) is 6.37. The van der Waals surface area contributed by atoms with E-state index < -0.39 is 24.5 Å². The number of allylic oxidation sites excluding steroid dienone is 1. The van der Waals surface area contributed by atoms with Crippen LogP contribution in [0, 0.1) is 0 Å². The Morgan fingerprint density at radius 3 is 2.71 bits per heavy atom. The van der Waals surface area contributed by atoms with Crippen molar-refractivity contribution in [2.45, 2.75) is 12.7 Å². The van der Waals surface area contributed by atoms with Crippen LogP contribution in [0.25, 0.3) is 16.6 Å². The minimum Gasteiger partial charge on any atom is -0.364 e. The van der Waals surface area contributed by atoms with Crippen molar-refractivity contribution in [2.24, 2.45) is 10.7 Å².